The summed E-state index contributed by atoms with van der Waals surface area (Å²) < 4.78 is 2.10. The van der Waals surface area contributed by atoms with Crippen LogP contribution in [0, 0.1) is 0 Å². The molecule has 2 N–H and O–H groups in total. The molecule has 4 heteroatoms. The molecule has 0 aliphatic carbocycles. The second-order valence-corrected chi connectivity index (χ2v) is 4.70. The van der Waals surface area contributed by atoms with Crippen LogP contribution in [0.1, 0.15) is 37.4 Å². The molecule has 1 aliphatic heterocycles. The van der Waals surface area contributed by atoms with Crippen LogP contribution in [0.5, 0.6) is 0 Å². The number of carbonyl (C=O) groups is 1. The summed E-state index contributed by atoms with van der Waals surface area (Å²) in [6.07, 6.45) is 6.56. The maximum atomic E-state index is 11.9. The van der Waals surface area contributed by atoms with Crippen molar-refractivity contribution in [3.63, 3.8) is 0 Å². The van der Waals surface area contributed by atoms with E-state index in [0.29, 0.717) is 0 Å². The van der Waals surface area contributed by atoms with Crippen LogP contribution < -0.4 is 5.73 Å². The van der Waals surface area contributed by atoms with E-state index < -0.39 is 0 Å². The normalized spacial score (nSPS) is 21.3. The van der Waals surface area contributed by atoms with Crippen LogP contribution in [0.15, 0.2) is 18.3 Å². The highest BCUT2D eigenvalue weighted by Crippen LogP contribution is 2.29. The Hall–Kier alpha value is -1.29. The Balaban J connectivity index is 2.26. The summed E-state index contributed by atoms with van der Waals surface area (Å²) in [5, 5.41) is 0. The monoisotopic (exact) mass is 235 g/mol. The lowest BCUT2D eigenvalue weighted by molar-refractivity contribution is -0.132. The summed E-state index contributed by atoms with van der Waals surface area (Å²) in [6.45, 7) is 0.951. The van der Waals surface area contributed by atoms with Gasteiger partial charge in [-0.15, -0.1) is 0 Å². The van der Waals surface area contributed by atoms with Crippen LogP contribution in [-0.2, 0) is 11.8 Å². The molecule has 0 bridgehead atoms. The van der Waals surface area contributed by atoms with Gasteiger partial charge in [0.15, 0.2) is 0 Å². The van der Waals surface area contributed by atoms with Crippen molar-refractivity contribution in [2.75, 3.05) is 13.1 Å². The topological polar surface area (TPSA) is 51.3 Å². The molecule has 94 valence electrons. The number of nitrogens with two attached hydrogens (primary N) is 1. The molecular weight excluding hydrogens is 214 g/mol. The molecule has 1 aromatic rings. The maximum Gasteiger partial charge on any atom is 0.236 e. The van der Waals surface area contributed by atoms with Crippen LogP contribution in [0.2, 0.25) is 0 Å². The molecule has 17 heavy (non-hydrogen) atoms. The Morgan fingerprint density at radius 2 is 2.29 bits per heavy atom. The average Bonchev–Trinajstić information content (AvgIpc) is 2.63. The zero-order valence-electron chi connectivity index (χ0n) is 10.4. The number of likely N-dealkylation sites (tertiary alicyclic amines) is 1. The highest BCUT2D eigenvalue weighted by molar-refractivity contribution is 5.78. The summed E-state index contributed by atoms with van der Waals surface area (Å²) in [7, 11) is 2.03. The van der Waals surface area contributed by atoms with Crippen LogP contribution in [0.25, 0.3) is 0 Å². The van der Waals surface area contributed by atoms with E-state index in [1.807, 2.05) is 24.2 Å². The minimum atomic E-state index is 0.0677. The molecule has 0 aromatic carbocycles. The third-order valence-electron chi connectivity index (χ3n) is 3.57. The Morgan fingerprint density at radius 1 is 1.47 bits per heavy atom. The van der Waals surface area contributed by atoms with Gasteiger partial charge in [-0.3, -0.25) is 4.79 Å². The fourth-order valence-corrected chi connectivity index (χ4v) is 2.65. The van der Waals surface area contributed by atoms with Gasteiger partial charge in [0.25, 0.3) is 0 Å². The van der Waals surface area contributed by atoms with Crippen molar-refractivity contribution in [1.29, 1.82) is 0 Å². The van der Waals surface area contributed by atoms with Gasteiger partial charge < -0.3 is 15.2 Å². The number of amides is 1. The number of nitrogens with zero attached hydrogens (tertiary/aromatic N) is 2. The largest absolute Gasteiger partial charge is 0.353 e. The van der Waals surface area contributed by atoms with Crippen molar-refractivity contribution >= 4 is 5.91 Å². The van der Waals surface area contributed by atoms with E-state index in [1.165, 1.54) is 18.5 Å². The van der Waals surface area contributed by atoms with Crippen molar-refractivity contribution in [3.8, 4) is 0 Å². The predicted octanol–water partition coefficient (Wildman–Crippen LogP) is 1.43. The molecule has 1 amide bonds. The highest BCUT2D eigenvalue weighted by Gasteiger charge is 2.27. The van der Waals surface area contributed by atoms with Crippen molar-refractivity contribution in [1.82, 2.24) is 9.47 Å². The van der Waals surface area contributed by atoms with Gasteiger partial charge in [-0.2, -0.15) is 0 Å². The van der Waals surface area contributed by atoms with Crippen molar-refractivity contribution in [2.45, 2.75) is 31.7 Å². The number of aromatic nitrogens is 1. The van der Waals surface area contributed by atoms with E-state index in [4.69, 9.17) is 5.73 Å². The average molecular weight is 235 g/mol. The summed E-state index contributed by atoms with van der Waals surface area (Å²) in [5.74, 6) is 0.0677. The maximum absolute atomic E-state index is 11.9. The zero-order chi connectivity index (χ0) is 12.3. The number of aryl methyl sites for hydroxylation is 1. The smallest absolute Gasteiger partial charge is 0.236 e. The lowest BCUT2D eigenvalue weighted by atomic mass is 10.1. The molecule has 0 saturated carbocycles. The molecule has 1 aliphatic rings. The fourth-order valence-electron chi connectivity index (χ4n) is 2.65. The van der Waals surface area contributed by atoms with Crippen molar-refractivity contribution < 1.29 is 4.79 Å². The van der Waals surface area contributed by atoms with E-state index in [1.54, 1.807) is 0 Å². The molecular formula is C13H21N3O. The minimum Gasteiger partial charge on any atom is -0.353 e. The lowest BCUT2D eigenvalue weighted by Gasteiger charge is -2.30. The van der Waals surface area contributed by atoms with E-state index in [-0.39, 0.29) is 18.5 Å². The zero-order valence-corrected chi connectivity index (χ0v) is 10.4. The van der Waals surface area contributed by atoms with Crippen LogP contribution in [0.4, 0.5) is 0 Å². The van der Waals surface area contributed by atoms with Crippen LogP contribution >= 0.6 is 0 Å². The van der Waals surface area contributed by atoms with Gasteiger partial charge in [-0.1, -0.05) is 12.8 Å². The van der Waals surface area contributed by atoms with Gasteiger partial charge in [0.2, 0.25) is 5.91 Å². The second-order valence-electron chi connectivity index (χ2n) is 4.70. The SMILES string of the molecule is Cn1cccc1C1CCCCCN1C(=O)CN. The molecule has 0 spiro atoms. The first kappa shape index (κ1) is 12.2. The first-order chi connectivity index (χ1) is 8.24. The van der Waals surface area contributed by atoms with Crippen LogP contribution in [0.3, 0.4) is 0 Å². The predicted molar refractivity (Wildman–Crippen MR) is 67.4 cm³/mol. The second kappa shape index (κ2) is 5.36. The molecule has 1 unspecified atom stereocenters. The first-order valence-corrected chi connectivity index (χ1v) is 6.35. The molecule has 1 fully saturated rings. The third-order valence-corrected chi connectivity index (χ3v) is 3.57. The van der Waals surface area contributed by atoms with Gasteiger partial charge in [-0.05, 0) is 25.0 Å². The number of carbonyl (C=O) groups excluding carboxylic acids is 1. The van der Waals surface area contributed by atoms with Gasteiger partial charge in [-0.25, -0.2) is 0 Å². The van der Waals surface area contributed by atoms with E-state index in [9.17, 15) is 4.79 Å². The quantitative estimate of drug-likeness (QED) is 0.843. The molecule has 4 nitrogen and oxygen atoms in total. The summed E-state index contributed by atoms with van der Waals surface area (Å²) in [4.78, 5) is 13.9. The number of hydrogen-bond acceptors (Lipinski definition) is 2. The first-order valence-electron chi connectivity index (χ1n) is 6.35. The molecule has 2 rings (SSSR count). The van der Waals surface area contributed by atoms with E-state index in [0.717, 1.165) is 19.4 Å². The molecule has 2 heterocycles. The Bertz CT molecular complexity index is 386. The standard InChI is InChI=1S/C13H21N3O/c1-15-8-5-7-11(15)12-6-3-2-4-9-16(12)13(17)10-14/h5,7-8,12H,2-4,6,9-10,14H2,1H3. The Labute approximate surface area is 102 Å². The molecule has 1 aromatic heterocycles. The third kappa shape index (κ3) is 2.52. The summed E-state index contributed by atoms with van der Waals surface area (Å²) >= 11 is 0. The molecule has 1 atom stereocenters. The minimum absolute atomic E-state index is 0.0677. The van der Waals surface area contributed by atoms with Crippen LogP contribution in [-0.4, -0.2) is 28.5 Å². The number of rotatable bonds is 2. The summed E-state index contributed by atoms with van der Waals surface area (Å²) in [5.41, 5.74) is 6.73. The highest BCUT2D eigenvalue weighted by atomic mass is 16.2. The van der Waals surface area contributed by atoms with Gasteiger partial charge in [0.1, 0.15) is 0 Å². The molecule has 1 saturated heterocycles. The van der Waals surface area contributed by atoms with Crippen molar-refractivity contribution in [2.24, 2.45) is 12.8 Å². The fraction of sp³-hybridized carbons (Fsp3) is 0.615. The Morgan fingerprint density at radius 3 is 2.94 bits per heavy atom. The molecule has 0 radical (unpaired) electrons. The number of hydrogen-bond donors (Lipinski definition) is 1. The van der Waals surface area contributed by atoms with Crippen molar-refractivity contribution in [3.05, 3.63) is 24.0 Å². The van der Waals surface area contributed by atoms with E-state index in [2.05, 4.69) is 10.6 Å². The van der Waals surface area contributed by atoms with Gasteiger partial charge >= 0.3 is 0 Å². The van der Waals surface area contributed by atoms with E-state index >= 15 is 0 Å². The Kier molecular flexibility index (Phi) is 3.84. The summed E-state index contributed by atoms with van der Waals surface area (Å²) in [6, 6.07) is 4.34. The van der Waals surface area contributed by atoms with Gasteiger partial charge in [0, 0.05) is 25.5 Å². The lowest BCUT2D eigenvalue weighted by Crippen LogP contribution is -2.39. The van der Waals surface area contributed by atoms with Gasteiger partial charge in [0.05, 0.1) is 12.6 Å².